The van der Waals surface area contributed by atoms with Crippen LogP contribution < -0.4 is 5.32 Å². The number of rotatable bonds is 4. The Bertz CT molecular complexity index is 640. The molecule has 6 heteroatoms. The van der Waals surface area contributed by atoms with Gasteiger partial charge in [-0.15, -0.1) is 11.3 Å². The minimum absolute atomic E-state index is 0.0412. The number of methoxy groups -OCH3 is 1. The molecule has 2 rings (SSSR count). The maximum atomic E-state index is 12.1. The highest BCUT2D eigenvalue weighted by molar-refractivity contribution is 7.12. The second kappa shape index (κ2) is 6.55. The van der Waals surface area contributed by atoms with Gasteiger partial charge in [0, 0.05) is 27.8 Å². The normalized spacial score (nSPS) is 18.3. The molecule has 0 aromatic carbocycles. The third kappa shape index (κ3) is 3.50. The standard InChI is InChI=1S/C15H16N2O3S/c1-9-3-4-14(21-9)10-5-12(17-8-15(19)20-2)11(7-16)13(18)6-10/h3-4,10,17H,5-6,8H2,1-2H3/t10-/m1/s1. The van der Waals surface area contributed by atoms with Crippen molar-refractivity contribution in [1.29, 1.82) is 5.26 Å². The average Bonchev–Trinajstić information content (AvgIpc) is 2.90. The van der Waals surface area contributed by atoms with Gasteiger partial charge >= 0.3 is 5.97 Å². The van der Waals surface area contributed by atoms with Gasteiger partial charge in [-0.1, -0.05) is 0 Å². The van der Waals surface area contributed by atoms with Crippen LogP contribution in [0.15, 0.2) is 23.4 Å². The highest BCUT2D eigenvalue weighted by Gasteiger charge is 2.29. The van der Waals surface area contributed by atoms with Gasteiger partial charge in [0.25, 0.3) is 0 Å². The van der Waals surface area contributed by atoms with Crippen LogP contribution in [-0.2, 0) is 14.3 Å². The van der Waals surface area contributed by atoms with Crippen LogP contribution >= 0.6 is 11.3 Å². The van der Waals surface area contributed by atoms with Gasteiger partial charge in [-0.25, -0.2) is 0 Å². The van der Waals surface area contributed by atoms with Crippen LogP contribution in [-0.4, -0.2) is 25.4 Å². The van der Waals surface area contributed by atoms with Crippen LogP contribution in [0.25, 0.3) is 0 Å². The van der Waals surface area contributed by atoms with Crippen LogP contribution in [0.5, 0.6) is 0 Å². The summed E-state index contributed by atoms with van der Waals surface area (Å²) in [6.45, 7) is 1.98. The number of aryl methyl sites for hydroxylation is 1. The molecule has 1 aliphatic rings. The summed E-state index contributed by atoms with van der Waals surface area (Å²) in [6, 6.07) is 5.99. The second-order valence-corrected chi connectivity index (χ2v) is 6.19. The van der Waals surface area contributed by atoms with E-state index in [2.05, 4.69) is 10.1 Å². The molecule has 0 bridgehead atoms. The second-order valence-electron chi connectivity index (χ2n) is 4.87. The number of ketones is 1. The summed E-state index contributed by atoms with van der Waals surface area (Å²) in [5.41, 5.74) is 0.665. The van der Waals surface area contributed by atoms with Crippen LogP contribution in [0.3, 0.4) is 0 Å². The van der Waals surface area contributed by atoms with E-state index in [0.717, 1.165) is 4.88 Å². The number of nitriles is 1. The van der Waals surface area contributed by atoms with Crippen molar-refractivity contribution in [2.45, 2.75) is 25.7 Å². The van der Waals surface area contributed by atoms with Gasteiger partial charge in [-0.05, 0) is 25.5 Å². The molecule has 0 unspecified atom stereocenters. The van der Waals surface area contributed by atoms with Crippen molar-refractivity contribution in [3.8, 4) is 6.07 Å². The summed E-state index contributed by atoms with van der Waals surface area (Å²) in [7, 11) is 1.30. The van der Waals surface area contributed by atoms with E-state index in [1.807, 2.05) is 25.1 Å². The number of nitrogens with zero attached hydrogens (tertiary/aromatic N) is 1. The Labute approximate surface area is 127 Å². The lowest BCUT2D eigenvalue weighted by Crippen LogP contribution is -2.29. The molecular formula is C15H16N2O3S. The summed E-state index contributed by atoms with van der Waals surface area (Å²) in [6.07, 6.45) is 0.901. The first kappa shape index (κ1) is 15.3. The zero-order chi connectivity index (χ0) is 15.4. The van der Waals surface area contributed by atoms with Crippen LogP contribution in [0.2, 0.25) is 0 Å². The quantitative estimate of drug-likeness (QED) is 0.861. The van der Waals surface area contributed by atoms with Crippen LogP contribution in [0.4, 0.5) is 0 Å². The third-order valence-corrected chi connectivity index (χ3v) is 4.58. The summed E-state index contributed by atoms with van der Waals surface area (Å²) in [4.78, 5) is 25.6. The van der Waals surface area contributed by atoms with Gasteiger partial charge in [0.15, 0.2) is 5.78 Å². The molecule has 1 N–H and O–H groups in total. The van der Waals surface area contributed by atoms with E-state index in [4.69, 9.17) is 5.26 Å². The molecule has 110 valence electrons. The van der Waals surface area contributed by atoms with Crippen molar-refractivity contribution in [3.05, 3.63) is 33.2 Å². The minimum atomic E-state index is -0.429. The maximum Gasteiger partial charge on any atom is 0.325 e. The van der Waals surface area contributed by atoms with E-state index in [1.165, 1.54) is 12.0 Å². The van der Waals surface area contributed by atoms with Crippen molar-refractivity contribution in [3.63, 3.8) is 0 Å². The zero-order valence-electron chi connectivity index (χ0n) is 11.9. The molecule has 0 amide bonds. The largest absolute Gasteiger partial charge is 0.468 e. The smallest absolute Gasteiger partial charge is 0.325 e. The number of hydrogen-bond donors (Lipinski definition) is 1. The molecule has 21 heavy (non-hydrogen) atoms. The highest BCUT2D eigenvalue weighted by Crippen LogP contribution is 2.36. The van der Waals surface area contributed by atoms with Gasteiger partial charge in [-0.3, -0.25) is 9.59 Å². The van der Waals surface area contributed by atoms with Gasteiger partial charge < -0.3 is 10.1 Å². The van der Waals surface area contributed by atoms with E-state index in [9.17, 15) is 9.59 Å². The molecule has 1 aliphatic carbocycles. The molecule has 1 aromatic heterocycles. The number of nitrogens with one attached hydrogen (secondary N) is 1. The zero-order valence-corrected chi connectivity index (χ0v) is 12.8. The van der Waals surface area contributed by atoms with Gasteiger partial charge in [0.2, 0.25) is 0 Å². The molecular weight excluding hydrogens is 288 g/mol. The fourth-order valence-electron chi connectivity index (χ4n) is 2.33. The van der Waals surface area contributed by atoms with Crippen molar-refractivity contribution >= 4 is 23.1 Å². The SMILES string of the molecule is COC(=O)CNC1=C(C#N)C(=O)C[C@H](c2ccc(C)s2)C1. The Morgan fingerprint density at radius 3 is 2.86 bits per heavy atom. The number of ether oxygens (including phenoxy) is 1. The molecule has 5 nitrogen and oxygen atoms in total. The number of hydrogen-bond acceptors (Lipinski definition) is 6. The van der Waals surface area contributed by atoms with Crippen LogP contribution in [0, 0.1) is 18.3 Å². The Hall–Kier alpha value is -2.13. The monoisotopic (exact) mass is 304 g/mol. The molecule has 1 heterocycles. The Kier molecular flexibility index (Phi) is 4.76. The van der Waals surface area contributed by atoms with Gasteiger partial charge in [0.05, 0.1) is 7.11 Å². The molecule has 0 radical (unpaired) electrons. The lowest BCUT2D eigenvalue weighted by molar-refractivity contribution is -0.139. The van der Waals surface area contributed by atoms with Crippen LogP contribution in [0.1, 0.15) is 28.5 Å². The summed E-state index contributed by atoms with van der Waals surface area (Å²) < 4.78 is 4.56. The van der Waals surface area contributed by atoms with E-state index < -0.39 is 5.97 Å². The van der Waals surface area contributed by atoms with Crippen molar-refractivity contribution in [2.24, 2.45) is 0 Å². The Morgan fingerprint density at radius 2 is 2.29 bits per heavy atom. The van der Waals surface area contributed by atoms with Crippen molar-refractivity contribution in [2.75, 3.05) is 13.7 Å². The summed E-state index contributed by atoms with van der Waals surface area (Å²) >= 11 is 1.66. The molecule has 1 atom stereocenters. The van der Waals surface area contributed by atoms with Crippen molar-refractivity contribution < 1.29 is 14.3 Å². The molecule has 1 aromatic rings. The molecule has 0 saturated heterocycles. The molecule has 0 spiro atoms. The molecule has 0 saturated carbocycles. The number of carbonyl (C=O) groups is 2. The maximum absolute atomic E-state index is 12.1. The number of allylic oxidation sites excluding steroid dienone is 2. The lowest BCUT2D eigenvalue weighted by Gasteiger charge is -2.23. The minimum Gasteiger partial charge on any atom is -0.468 e. The van der Waals surface area contributed by atoms with E-state index in [0.29, 0.717) is 18.5 Å². The van der Waals surface area contributed by atoms with E-state index in [1.54, 1.807) is 11.3 Å². The molecule has 0 fully saturated rings. The first-order valence-electron chi connectivity index (χ1n) is 6.58. The fraction of sp³-hybridized carbons (Fsp3) is 0.400. The predicted molar refractivity (Wildman–Crippen MR) is 78.7 cm³/mol. The molecule has 0 aliphatic heterocycles. The van der Waals surface area contributed by atoms with Gasteiger partial charge in [-0.2, -0.15) is 5.26 Å². The average molecular weight is 304 g/mol. The highest BCUT2D eigenvalue weighted by atomic mass is 32.1. The van der Waals surface area contributed by atoms with Gasteiger partial charge in [0.1, 0.15) is 18.2 Å². The number of thiophene rings is 1. The number of carbonyl (C=O) groups excluding carboxylic acids is 2. The Morgan fingerprint density at radius 1 is 1.52 bits per heavy atom. The first-order valence-corrected chi connectivity index (χ1v) is 7.40. The third-order valence-electron chi connectivity index (χ3n) is 3.41. The van der Waals surface area contributed by atoms with Crippen molar-refractivity contribution in [1.82, 2.24) is 5.32 Å². The van der Waals surface area contributed by atoms with E-state index in [-0.39, 0.29) is 23.8 Å². The fourth-order valence-corrected chi connectivity index (χ4v) is 3.31. The van der Waals surface area contributed by atoms with E-state index >= 15 is 0 Å². The topological polar surface area (TPSA) is 79.2 Å². The predicted octanol–water partition coefficient (Wildman–Crippen LogP) is 2.04. The number of esters is 1. The summed E-state index contributed by atoms with van der Waals surface area (Å²) in [5, 5.41) is 12.0. The Balaban J connectivity index is 2.20. The lowest BCUT2D eigenvalue weighted by atomic mass is 9.85. The summed E-state index contributed by atoms with van der Waals surface area (Å²) in [5.74, 6) is -0.540. The first-order chi connectivity index (χ1) is 10.0. The number of Topliss-reactive ketones (excluding diaryl/α,β-unsaturated/α-hetero) is 1.